The highest BCUT2D eigenvalue weighted by atomic mass is 16.7. The molecular weight excluding hydrogens is 172 g/mol. The number of esters is 1. The van der Waals surface area contributed by atoms with Crippen LogP contribution in [0.15, 0.2) is 0 Å². The molecule has 0 aromatic carbocycles. The zero-order valence-electron chi connectivity index (χ0n) is 8.12. The average molecular weight is 188 g/mol. The van der Waals surface area contributed by atoms with Gasteiger partial charge in [0.15, 0.2) is 12.4 Å². The molecule has 4 nitrogen and oxygen atoms in total. The molecule has 1 fully saturated rings. The Labute approximate surface area is 78.2 Å². The van der Waals surface area contributed by atoms with Crippen LogP contribution in [0, 0.1) is 0 Å². The lowest BCUT2D eigenvalue weighted by Gasteiger charge is -2.24. The predicted molar refractivity (Wildman–Crippen MR) is 46.2 cm³/mol. The predicted octanol–water partition coefficient (Wildman–Crippen LogP) is 1.09. The molecule has 0 aromatic heterocycles. The van der Waals surface area contributed by atoms with Gasteiger partial charge in [-0.05, 0) is 26.2 Å². The maximum absolute atomic E-state index is 11.0. The van der Waals surface area contributed by atoms with Crippen molar-refractivity contribution in [1.82, 2.24) is 0 Å². The van der Waals surface area contributed by atoms with Crippen LogP contribution in [0.5, 0.6) is 0 Å². The third-order valence-electron chi connectivity index (χ3n) is 2.03. The first kappa shape index (κ1) is 10.5. The van der Waals surface area contributed by atoms with Crippen molar-refractivity contribution in [2.45, 2.75) is 38.6 Å². The normalized spacial score (nSPS) is 25.2. The smallest absolute Gasteiger partial charge is 0.334 e. The summed E-state index contributed by atoms with van der Waals surface area (Å²) >= 11 is 0. The molecule has 0 aromatic rings. The quantitative estimate of drug-likeness (QED) is 0.622. The standard InChI is InChI=1S/C9H16O4/c1-7(9(10)11-2)13-8-5-3-4-6-12-8/h7-8H,3-6H2,1-2H3/t7-,8?/m0/s1. The van der Waals surface area contributed by atoms with Gasteiger partial charge >= 0.3 is 5.97 Å². The summed E-state index contributed by atoms with van der Waals surface area (Å²) in [6, 6.07) is 0. The summed E-state index contributed by atoms with van der Waals surface area (Å²) in [6.45, 7) is 2.39. The number of hydrogen-bond donors (Lipinski definition) is 0. The van der Waals surface area contributed by atoms with Gasteiger partial charge in [-0.25, -0.2) is 4.79 Å². The molecule has 1 heterocycles. The van der Waals surface area contributed by atoms with E-state index < -0.39 is 6.10 Å². The summed E-state index contributed by atoms with van der Waals surface area (Å²) in [5, 5.41) is 0. The molecular formula is C9H16O4. The van der Waals surface area contributed by atoms with Gasteiger partial charge in [0, 0.05) is 6.61 Å². The molecule has 1 rings (SSSR count). The Morgan fingerprint density at radius 2 is 2.31 bits per heavy atom. The van der Waals surface area contributed by atoms with Crippen LogP contribution in [0.25, 0.3) is 0 Å². The van der Waals surface area contributed by atoms with Crippen LogP contribution in [-0.4, -0.2) is 32.1 Å². The molecule has 0 spiro atoms. The summed E-state index contributed by atoms with van der Waals surface area (Å²) in [6.07, 6.45) is 2.27. The van der Waals surface area contributed by atoms with Gasteiger partial charge in [0.1, 0.15) is 0 Å². The first-order valence-electron chi connectivity index (χ1n) is 4.59. The molecule has 0 saturated carbocycles. The summed E-state index contributed by atoms with van der Waals surface area (Å²) in [4.78, 5) is 11.0. The van der Waals surface area contributed by atoms with Crippen LogP contribution < -0.4 is 0 Å². The van der Waals surface area contributed by atoms with Gasteiger partial charge < -0.3 is 14.2 Å². The maximum Gasteiger partial charge on any atom is 0.334 e. The van der Waals surface area contributed by atoms with Crippen LogP contribution in [0.4, 0.5) is 0 Å². The minimum Gasteiger partial charge on any atom is -0.467 e. The highest BCUT2D eigenvalue weighted by molar-refractivity contribution is 5.73. The minimum absolute atomic E-state index is 0.233. The lowest BCUT2D eigenvalue weighted by molar-refractivity contribution is -0.199. The zero-order valence-corrected chi connectivity index (χ0v) is 8.12. The topological polar surface area (TPSA) is 44.8 Å². The van der Waals surface area contributed by atoms with Crippen molar-refractivity contribution in [2.24, 2.45) is 0 Å². The molecule has 0 radical (unpaired) electrons. The molecule has 0 aliphatic carbocycles. The van der Waals surface area contributed by atoms with Gasteiger partial charge in [-0.15, -0.1) is 0 Å². The van der Waals surface area contributed by atoms with E-state index in [1.165, 1.54) is 7.11 Å². The Morgan fingerprint density at radius 3 is 2.85 bits per heavy atom. The van der Waals surface area contributed by atoms with E-state index in [1.807, 2.05) is 0 Å². The fraction of sp³-hybridized carbons (Fsp3) is 0.889. The van der Waals surface area contributed by atoms with Crippen molar-refractivity contribution in [3.63, 3.8) is 0 Å². The Hall–Kier alpha value is -0.610. The van der Waals surface area contributed by atoms with Gasteiger partial charge in [-0.2, -0.15) is 0 Å². The molecule has 13 heavy (non-hydrogen) atoms. The van der Waals surface area contributed by atoms with E-state index in [0.717, 1.165) is 25.9 Å². The van der Waals surface area contributed by atoms with Crippen molar-refractivity contribution in [2.75, 3.05) is 13.7 Å². The number of ether oxygens (including phenoxy) is 3. The molecule has 1 aliphatic rings. The second-order valence-corrected chi connectivity index (χ2v) is 3.10. The number of hydrogen-bond acceptors (Lipinski definition) is 4. The van der Waals surface area contributed by atoms with Crippen LogP contribution in [-0.2, 0) is 19.0 Å². The summed E-state index contributed by atoms with van der Waals surface area (Å²) in [5.41, 5.74) is 0. The van der Waals surface area contributed by atoms with Gasteiger partial charge in [-0.1, -0.05) is 0 Å². The van der Waals surface area contributed by atoms with Crippen molar-refractivity contribution < 1.29 is 19.0 Å². The molecule has 1 unspecified atom stereocenters. The third-order valence-corrected chi connectivity index (χ3v) is 2.03. The molecule has 4 heteroatoms. The van der Waals surface area contributed by atoms with Crippen molar-refractivity contribution in [3.8, 4) is 0 Å². The Balaban J connectivity index is 2.25. The molecule has 1 saturated heterocycles. The van der Waals surface area contributed by atoms with E-state index in [1.54, 1.807) is 6.92 Å². The lowest BCUT2D eigenvalue weighted by atomic mass is 10.2. The number of rotatable bonds is 3. The molecule has 1 aliphatic heterocycles. The first-order valence-corrected chi connectivity index (χ1v) is 4.59. The second-order valence-electron chi connectivity index (χ2n) is 3.10. The van der Waals surface area contributed by atoms with E-state index in [9.17, 15) is 4.79 Å². The molecule has 76 valence electrons. The Bertz CT molecular complexity index is 163. The maximum atomic E-state index is 11.0. The monoisotopic (exact) mass is 188 g/mol. The minimum atomic E-state index is -0.534. The summed E-state index contributed by atoms with van der Waals surface area (Å²) in [7, 11) is 1.35. The lowest BCUT2D eigenvalue weighted by Crippen LogP contribution is -2.31. The molecule has 0 N–H and O–H groups in total. The van der Waals surface area contributed by atoms with Crippen molar-refractivity contribution in [3.05, 3.63) is 0 Å². The number of carbonyl (C=O) groups excluding carboxylic acids is 1. The summed E-state index contributed by atoms with van der Waals surface area (Å²) < 4.78 is 15.2. The van der Waals surface area contributed by atoms with Crippen molar-refractivity contribution in [1.29, 1.82) is 0 Å². The van der Waals surface area contributed by atoms with E-state index in [0.29, 0.717) is 0 Å². The van der Waals surface area contributed by atoms with E-state index in [-0.39, 0.29) is 12.3 Å². The second kappa shape index (κ2) is 5.19. The van der Waals surface area contributed by atoms with Gasteiger partial charge in [-0.3, -0.25) is 0 Å². The highest BCUT2D eigenvalue weighted by Gasteiger charge is 2.21. The van der Waals surface area contributed by atoms with Crippen LogP contribution >= 0.6 is 0 Å². The van der Waals surface area contributed by atoms with Crippen LogP contribution in [0.1, 0.15) is 26.2 Å². The first-order chi connectivity index (χ1) is 6.24. The van der Waals surface area contributed by atoms with E-state index in [4.69, 9.17) is 9.47 Å². The van der Waals surface area contributed by atoms with Gasteiger partial charge in [0.25, 0.3) is 0 Å². The van der Waals surface area contributed by atoms with Crippen molar-refractivity contribution >= 4 is 5.97 Å². The third kappa shape index (κ3) is 3.32. The van der Waals surface area contributed by atoms with Crippen LogP contribution in [0.2, 0.25) is 0 Å². The fourth-order valence-corrected chi connectivity index (χ4v) is 1.27. The molecule has 2 atom stereocenters. The zero-order chi connectivity index (χ0) is 9.68. The van der Waals surface area contributed by atoms with Gasteiger partial charge in [0.05, 0.1) is 7.11 Å². The highest BCUT2D eigenvalue weighted by Crippen LogP contribution is 2.15. The number of methoxy groups -OCH3 is 1. The number of carbonyl (C=O) groups is 1. The van der Waals surface area contributed by atoms with Crippen LogP contribution in [0.3, 0.4) is 0 Å². The SMILES string of the molecule is COC(=O)[C@H](C)OC1CCCCO1. The van der Waals surface area contributed by atoms with E-state index >= 15 is 0 Å². The Kier molecular flexibility index (Phi) is 4.18. The summed E-state index contributed by atoms with van der Waals surface area (Å²) in [5.74, 6) is -0.353. The van der Waals surface area contributed by atoms with Gasteiger partial charge in [0.2, 0.25) is 0 Å². The largest absolute Gasteiger partial charge is 0.467 e. The fourth-order valence-electron chi connectivity index (χ4n) is 1.27. The van der Waals surface area contributed by atoms with E-state index in [2.05, 4.69) is 4.74 Å². The Morgan fingerprint density at radius 1 is 1.54 bits per heavy atom. The molecule has 0 amide bonds. The molecule has 0 bridgehead atoms. The average Bonchev–Trinajstić information content (AvgIpc) is 2.18.